The molecule has 1 saturated heterocycles. The van der Waals surface area contributed by atoms with Crippen LogP contribution >= 0.6 is 0 Å². The van der Waals surface area contributed by atoms with Crippen molar-refractivity contribution in [3.8, 4) is 11.5 Å². The van der Waals surface area contributed by atoms with Crippen molar-refractivity contribution in [2.45, 2.75) is 13.0 Å². The van der Waals surface area contributed by atoms with E-state index >= 15 is 0 Å². The average Bonchev–Trinajstić information content (AvgIpc) is 3.06. The van der Waals surface area contributed by atoms with E-state index in [1.165, 1.54) is 19.2 Å². The number of para-hydroxylation sites is 2. The molecule has 1 aliphatic rings. The van der Waals surface area contributed by atoms with Crippen LogP contribution in [-0.2, 0) is 16.1 Å². The predicted octanol–water partition coefficient (Wildman–Crippen LogP) is 2.38. The maximum Gasteiger partial charge on any atom is 0.257 e. The molecule has 0 aliphatic carbocycles. The second kappa shape index (κ2) is 9.21. The summed E-state index contributed by atoms with van der Waals surface area (Å²) in [5.74, 6) is 0.592. The summed E-state index contributed by atoms with van der Waals surface area (Å²) in [5, 5.41) is 2.81. The minimum atomic E-state index is -0.299. The van der Waals surface area contributed by atoms with Gasteiger partial charge in [0.15, 0.2) is 18.1 Å². The van der Waals surface area contributed by atoms with Gasteiger partial charge in [0.2, 0.25) is 5.91 Å². The SMILES string of the molecule is COc1ccccc1OCC(=O)NCC1CC(=O)N(Cc2ccc(F)cc2)C1. The fourth-order valence-corrected chi connectivity index (χ4v) is 3.14. The van der Waals surface area contributed by atoms with E-state index in [0.29, 0.717) is 37.6 Å². The van der Waals surface area contributed by atoms with Crippen LogP contribution in [0, 0.1) is 11.7 Å². The van der Waals surface area contributed by atoms with Crippen LogP contribution in [0.1, 0.15) is 12.0 Å². The second-order valence-corrected chi connectivity index (χ2v) is 6.71. The number of rotatable bonds is 8. The third kappa shape index (κ3) is 5.22. The van der Waals surface area contributed by atoms with Gasteiger partial charge in [0.25, 0.3) is 5.91 Å². The number of hydrogen-bond acceptors (Lipinski definition) is 4. The van der Waals surface area contributed by atoms with Crippen LogP contribution in [0.4, 0.5) is 4.39 Å². The van der Waals surface area contributed by atoms with E-state index in [2.05, 4.69) is 5.32 Å². The van der Waals surface area contributed by atoms with Gasteiger partial charge in [-0.05, 0) is 29.8 Å². The molecule has 1 aliphatic heterocycles. The Hall–Kier alpha value is -3.09. The Bertz CT molecular complexity index is 825. The molecule has 0 radical (unpaired) electrons. The summed E-state index contributed by atoms with van der Waals surface area (Å²) in [6.45, 7) is 1.28. The summed E-state index contributed by atoms with van der Waals surface area (Å²) >= 11 is 0. The third-order valence-corrected chi connectivity index (χ3v) is 4.60. The minimum Gasteiger partial charge on any atom is -0.493 e. The van der Waals surface area contributed by atoms with Crippen molar-refractivity contribution in [1.82, 2.24) is 10.2 Å². The van der Waals surface area contributed by atoms with Crippen molar-refractivity contribution in [2.75, 3.05) is 26.8 Å². The van der Waals surface area contributed by atoms with Crippen LogP contribution in [0.15, 0.2) is 48.5 Å². The molecule has 1 unspecified atom stereocenters. The molecule has 1 fully saturated rings. The summed E-state index contributed by atoms with van der Waals surface area (Å²) in [6.07, 6.45) is 0.384. The number of halogens is 1. The first-order valence-corrected chi connectivity index (χ1v) is 9.10. The first-order valence-electron chi connectivity index (χ1n) is 9.10. The van der Waals surface area contributed by atoms with Crippen molar-refractivity contribution in [2.24, 2.45) is 5.92 Å². The van der Waals surface area contributed by atoms with Gasteiger partial charge >= 0.3 is 0 Å². The molecule has 0 saturated carbocycles. The van der Waals surface area contributed by atoms with Gasteiger partial charge in [-0.2, -0.15) is 0 Å². The lowest BCUT2D eigenvalue weighted by molar-refractivity contribution is -0.128. The summed E-state index contributed by atoms with van der Waals surface area (Å²) in [6, 6.07) is 13.2. The standard InChI is InChI=1S/C21H23FN2O4/c1-27-18-4-2-3-5-19(18)28-14-20(25)23-11-16-10-21(26)24(13-16)12-15-6-8-17(22)9-7-15/h2-9,16H,10-14H2,1H3,(H,23,25). The highest BCUT2D eigenvalue weighted by molar-refractivity contribution is 5.79. The van der Waals surface area contributed by atoms with E-state index in [-0.39, 0.29) is 30.2 Å². The minimum absolute atomic E-state index is 0.0360. The summed E-state index contributed by atoms with van der Waals surface area (Å²) in [5.41, 5.74) is 0.879. The molecular formula is C21H23FN2O4. The van der Waals surface area contributed by atoms with Crippen LogP contribution < -0.4 is 14.8 Å². The van der Waals surface area contributed by atoms with Gasteiger partial charge in [0.1, 0.15) is 5.82 Å². The van der Waals surface area contributed by atoms with Crippen LogP contribution in [0.5, 0.6) is 11.5 Å². The number of carbonyl (C=O) groups is 2. The third-order valence-electron chi connectivity index (χ3n) is 4.60. The maximum atomic E-state index is 13.0. The molecule has 6 nitrogen and oxygen atoms in total. The van der Waals surface area contributed by atoms with Crippen molar-refractivity contribution in [3.05, 3.63) is 59.9 Å². The zero-order chi connectivity index (χ0) is 19.9. The highest BCUT2D eigenvalue weighted by Gasteiger charge is 2.29. The molecule has 7 heteroatoms. The van der Waals surface area contributed by atoms with E-state index in [1.807, 2.05) is 6.07 Å². The first-order chi connectivity index (χ1) is 13.5. The van der Waals surface area contributed by atoms with Gasteiger partial charge < -0.3 is 19.7 Å². The lowest BCUT2D eigenvalue weighted by Crippen LogP contribution is -2.34. The average molecular weight is 386 g/mol. The molecule has 2 aromatic rings. The Morgan fingerprint density at radius 1 is 1.18 bits per heavy atom. The smallest absolute Gasteiger partial charge is 0.257 e. The summed E-state index contributed by atoms with van der Waals surface area (Å²) in [4.78, 5) is 26.0. The Kier molecular flexibility index (Phi) is 6.47. The highest BCUT2D eigenvalue weighted by Crippen LogP contribution is 2.25. The van der Waals surface area contributed by atoms with Gasteiger partial charge in [0, 0.05) is 32.0 Å². The number of hydrogen-bond donors (Lipinski definition) is 1. The number of nitrogens with one attached hydrogen (secondary N) is 1. The molecule has 1 N–H and O–H groups in total. The van der Waals surface area contributed by atoms with Crippen LogP contribution in [0.2, 0.25) is 0 Å². The van der Waals surface area contributed by atoms with E-state index < -0.39 is 0 Å². The zero-order valence-corrected chi connectivity index (χ0v) is 15.7. The van der Waals surface area contributed by atoms with Crippen molar-refractivity contribution in [3.63, 3.8) is 0 Å². The maximum absolute atomic E-state index is 13.0. The lowest BCUT2D eigenvalue weighted by Gasteiger charge is -2.17. The Balaban J connectivity index is 1.42. The fourth-order valence-electron chi connectivity index (χ4n) is 3.14. The van der Waals surface area contributed by atoms with Gasteiger partial charge in [-0.3, -0.25) is 9.59 Å². The predicted molar refractivity (Wildman–Crippen MR) is 101 cm³/mol. The highest BCUT2D eigenvalue weighted by atomic mass is 19.1. The molecule has 0 aromatic heterocycles. The van der Waals surface area contributed by atoms with E-state index in [1.54, 1.807) is 35.2 Å². The van der Waals surface area contributed by atoms with Crippen LogP contribution in [0.25, 0.3) is 0 Å². The molecule has 2 aromatic carbocycles. The molecule has 148 valence electrons. The zero-order valence-electron chi connectivity index (χ0n) is 15.7. The monoisotopic (exact) mass is 386 g/mol. The molecule has 3 rings (SSSR count). The molecule has 0 bridgehead atoms. The van der Waals surface area contributed by atoms with Gasteiger partial charge in [0.05, 0.1) is 7.11 Å². The summed E-state index contributed by atoms with van der Waals surface area (Å²) in [7, 11) is 1.54. The molecule has 1 heterocycles. The van der Waals surface area contributed by atoms with E-state index in [4.69, 9.17) is 9.47 Å². The van der Waals surface area contributed by atoms with Crippen LogP contribution in [-0.4, -0.2) is 43.5 Å². The Morgan fingerprint density at radius 2 is 1.89 bits per heavy atom. The largest absolute Gasteiger partial charge is 0.493 e. The van der Waals surface area contributed by atoms with Gasteiger partial charge in [-0.25, -0.2) is 4.39 Å². The number of carbonyl (C=O) groups excluding carboxylic acids is 2. The van der Waals surface area contributed by atoms with Crippen molar-refractivity contribution >= 4 is 11.8 Å². The summed E-state index contributed by atoms with van der Waals surface area (Å²) < 4.78 is 23.7. The van der Waals surface area contributed by atoms with Gasteiger partial charge in [-0.15, -0.1) is 0 Å². The fraction of sp³-hybridized carbons (Fsp3) is 0.333. The molecule has 1 atom stereocenters. The van der Waals surface area contributed by atoms with Gasteiger partial charge in [-0.1, -0.05) is 24.3 Å². The number of nitrogens with zero attached hydrogens (tertiary/aromatic N) is 1. The quantitative estimate of drug-likeness (QED) is 0.756. The Morgan fingerprint density at radius 3 is 2.61 bits per heavy atom. The van der Waals surface area contributed by atoms with Crippen molar-refractivity contribution in [1.29, 1.82) is 0 Å². The van der Waals surface area contributed by atoms with E-state index in [0.717, 1.165) is 5.56 Å². The lowest BCUT2D eigenvalue weighted by atomic mass is 10.1. The van der Waals surface area contributed by atoms with E-state index in [9.17, 15) is 14.0 Å². The number of ether oxygens (including phenoxy) is 2. The Labute approximate surface area is 163 Å². The second-order valence-electron chi connectivity index (χ2n) is 6.71. The number of benzene rings is 2. The topological polar surface area (TPSA) is 67.9 Å². The first kappa shape index (κ1) is 19.7. The molecule has 2 amide bonds. The van der Waals surface area contributed by atoms with Crippen LogP contribution in [0.3, 0.4) is 0 Å². The number of methoxy groups -OCH3 is 1. The molecular weight excluding hydrogens is 363 g/mol. The number of likely N-dealkylation sites (tertiary alicyclic amines) is 1. The molecule has 28 heavy (non-hydrogen) atoms. The normalized spacial score (nSPS) is 16.1. The molecule has 0 spiro atoms. The van der Waals surface area contributed by atoms with Crippen molar-refractivity contribution < 1.29 is 23.5 Å². The number of amides is 2.